The molecule has 0 saturated heterocycles. The lowest BCUT2D eigenvalue weighted by molar-refractivity contribution is 0.454. The van der Waals surface area contributed by atoms with Crippen LogP contribution in [0.2, 0.25) is 0 Å². The van der Waals surface area contributed by atoms with Crippen LogP contribution < -0.4 is 10.6 Å². The molecule has 0 saturated carbocycles. The molecule has 0 amide bonds. The van der Waals surface area contributed by atoms with E-state index in [-0.39, 0.29) is 0 Å². The summed E-state index contributed by atoms with van der Waals surface area (Å²) in [6, 6.07) is 1.14. The van der Waals surface area contributed by atoms with Crippen molar-refractivity contribution in [1.29, 1.82) is 0 Å². The fourth-order valence-corrected chi connectivity index (χ4v) is 1.92. The van der Waals surface area contributed by atoms with Crippen molar-refractivity contribution in [3.63, 3.8) is 0 Å². The molecule has 1 atom stereocenters. The maximum atomic E-state index is 3.90. The molecule has 0 radical (unpaired) electrons. The number of nitrogens with one attached hydrogen (secondary N) is 2. The van der Waals surface area contributed by atoms with Gasteiger partial charge in [-0.3, -0.25) is 0 Å². The zero-order chi connectivity index (χ0) is 13.3. The zero-order valence-electron chi connectivity index (χ0n) is 12.3. The molecule has 2 nitrogen and oxygen atoms in total. The Morgan fingerprint density at radius 2 is 1.88 bits per heavy atom. The Morgan fingerprint density at radius 1 is 1.24 bits per heavy atom. The second-order valence-electron chi connectivity index (χ2n) is 5.20. The van der Waals surface area contributed by atoms with Crippen LogP contribution in [0.15, 0.2) is 23.9 Å². The van der Waals surface area contributed by atoms with E-state index in [9.17, 15) is 0 Å². The highest BCUT2D eigenvalue weighted by Gasteiger charge is 2.07. The molecule has 0 aromatic rings. The summed E-state index contributed by atoms with van der Waals surface area (Å²) < 4.78 is 0. The normalized spacial score (nSPS) is 13.9. The van der Waals surface area contributed by atoms with Gasteiger partial charge in [-0.05, 0) is 39.3 Å². The zero-order valence-corrected chi connectivity index (χ0v) is 12.3. The molecule has 0 aromatic heterocycles. The summed E-state index contributed by atoms with van der Waals surface area (Å²) in [4.78, 5) is 0. The van der Waals surface area contributed by atoms with Gasteiger partial charge in [-0.15, -0.1) is 0 Å². The van der Waals surface area contributed by atoms with Crippen LogP contribution in [-0.4, -0.2) is 18.6 Å². The quantitative estimate of drug-likeness (QED) is 0.600. The van der Waals surface area contributed by atoms with Gasteiger partial charge in [0.1, 0.15) is 0 Å². The first-order chi connectivity index (χ1) is 7.95. The molecule has 0 spiro atoms. The lowest BCUT2D eigenvalue weighted by atomic mass is 10.1. The summed E-state index contributed by atoms with van der Waals surface area (Å²) >= 11 is 0. The van der Waals surface area contributed by atoms with Gasteiger partial charge in [0.05, 0.1) is 0 Å². The average Bonchev–Trinajstić information content (AvgIpc) is 2.15. The molecule has 0 aliphatic heterocycles. The molecule has 100 valence electrons. The molecule has 2 N–H and O–H groups in total. The Labute approximate surface area is 108 Å². The van der Waals surface area contributed by atoms with Gasteiger partial charge in [0.2, 0.25) is 0 Å². The van der Waals surface area contributed by atoms with Crippen LogP contribution in [0.4, 0.5) is 0 Å². The van der Waals surface area contributed by atoms with Crippen molar-refractivity contribution in [3.8, 4) is 0 Å². The van der Waals surface area contributed by atoms with Crippen molar-refractivity contribution in [3.05, 3.63) is 23.9 Å². The average molecular weight is 238 g/mol. The molecule has 0 rings (SSSR count). The minimum atomic E-state index is 0.571. The third kappa shape index (κ3) is 10.1. The summed E-state index contributed by atoms with van der Waals surface area (Å²) in [7, 11) is 0. The van der Waals surface area contributed by atoms with Gasteiger partial charge in [0.25, 0.3) is 0 Å². The summed E-state index contributed by atoms with van der Waals surface area (Å²) in [5.74, 6) is 0. The van der Waals surface area contributed by atoms with Crippen molar-refractivity contribution in [2.75, 3.05) is 6.54 Å². The largest absolute Gasteiger partial charge is 0.386 e. The van der Waals surface area contributed by atoms with Crippen molar-refractivity contribution < 1.29 is 0 Å². The Morgan fingerprint density at radius 3 is 2.35 bits per heavy atom. The second-order valence-corrected chi connectivity index (χ2v) is 5.20. The summed E-state index contributed by atoms with van der Waals surface area (Å²) in [6.07, 6.45) is 5.73. The smallest absolute Gasteiger partial charge is 0.0270 e. The van der Waals surface area contributed by atoms with Crippen LogP contribution >= 0.6 is 0 Å². The van der Waals surface area contributed by atoms with E-state index in [1.807, 2.05) is 6.92 Å². The summed E-state index contributed by atoms with van der Waals surface area (Å²) in [5.41, 5.74) is 2.33. The topological polar surface area (TPSA) is 24.1 Å². The number of hydrogen-bond donors (Lipinski definition) is 2. The minimum absolute atomic E-state index is 0.571. The van der Waals surface area contributed by atoms with Crippen molar-refractivity contribution >= 4 is 0 Å². The summed E-state index contributed by atoms with van der Waals surface area (Å²) in [5, 5.41) is 7.05. The van der Waals surface area contributed by atoms with Gasteiger partial charge in [-0.2, -0.15) is 0 Å². The standard InChI is InChI=1S/C15H30N2/c1-7-8-15(9-10-16-13(4)5)17-14(6)11-12(2)3/h11,13,15-17H,2,7-10H2,1,3-6H3/b14-11-. The van der Waals surface area contributed by atoms with Crippen LogP contribution in [-0.2, 0) is 0 Å². The maximum absolute atomic E-state index is 3.90. The lowest BCUT2D eigenvalue weighted by Crippen LogP contribution is -2.33. The van der Waals surface area contributed by atoms with Gasteiger partial charge >= 0.3 is 0 Å². The van der Waals surface area contributed by atoms with E-state index in [4.69, 9.17) is 0 Å². The molecule has 1 unspecified atom stereocenters. The van der Waals surface area contributed by atoms with E-state index in [2.05, 4.69) is 51.0 Å². The van der Waals surface area contributed by atoms with E-state index in [1.165, 1.54) is 25.0 Å². The van der Waals surface area contributed by atoms with Crippen LogP contribution in [0.1, 0.15) is 53.9 Å². The third-order valence-electron chi connectivity index (χ3n) is 2.58. The minimum Gasteiger partial charge on any atom is -0.386 e. The second kappa shape index (κ2) is 9.29. The fraction of sp³-hybridized carbons (Fsp3) is 0.733. The lowest BCUT2D eigenvalue weighted by Gasteiger charge is -2.21. The molecule has 0 bridgehead atoms. The van der Waals surface area contributed by atoms with Gasteiger partial charge < -0.3 is 10.6 Å². The highest BCUT2D eigenvalue weighted by molar-refractivity contribution is 5.16. The van der Waals surface area contributed by atoms with Gasteiger partial charge in [-0.25, -0.2) is 0 Å². The molecule has 0 aliphatic rings. The molecule has 0 aliphatic carbocycles. The maximum Gasteiger partial charge on any atom is 0.0270 e. The molecular formula is C15H30N2. The molecule has 0 fully saturated rings. The van der Waals surface area contributed by atoms with Crippen molar-refractivity contribution in [2.45, 2.75) is 66.0 Å². The van der Waals surface area contributed by atoms with Crippen molar-refractivity contribution in [2.24, 2.45) is 0 Å². The van der Waals surface area contributed by atoms with E-state index in [0.29, 0.717) is 12.1 Å². The van der Waals surface area contributed by atoms with E-state index in [1.54, 1.807) is 0 Å². The molecule has 2 heteroatoms. The Kier molecular flexibility index (Phi) is 8.87. The molecular weight excluding hydrogens is 208 g/mol. The van der Waals surface area contributed by atoms with E-state index < -0.39 is 0 Å². The predicted molar refractivity (Wildman–Crippen MR) is 78.2 cm³/mol. The third-order valence-corrected chi connectivity index (χ3v) is 2.58. The van der Waals surface area contributed by atoms with Crippen LogP contribution in [0, 0.1) is 0 Å². The van der Waals surface area contributed by atoms with E-state index in [0.717, 1.165) is 12.1 Å². The van der Waals surface area contributed by atoms with Crippen LogP contribution in [0.25, 0.3) is 0 Å². The first kappa shape index (κ1) is 16.2. The predicted octanol–water partition coefficient (Wildman–Crippen LogP) is 3.61. The monoisotopic (exact) mass is 238 g/mol. The number of hydrogen-bond acceptors (Lipinski definition) is 2. The highest BCUT2D eigenvalue weighted by atomic mass is 14.9. The van der Waals surface area contributed by atoms with Gasteiger partial charge in [0, 0.05) is 17.8 Å². The van der Waals surface area contributed by atoms with Gasteiger partial charge in [0.15, 0.2) is 0 Å². The first-order valence-electron chi connectivity index (χ1n) is 6.79. The van der Waals surface area contributed by atoms with Crippen LogP contribution in [0.3, 0.4) is 0 Å². The Bertz CT molecular complexity index is 241. The fourth-order valence-electron chi connectivity index (χ4n) is 1.92. The molecule has 0 aromatic carbocycles. The molecule has 17 heavy (non-hydrogen) atoms. The number of allylic oxidation sites excluding steroid dienone is 3. The number of rotatable bonds is 9. The molecule has 0 heterocycles. The van der Waals surface area contributed by atoms with Crippen molar-refractivity contribution in [1.82, 2.24) is 10.6 Å². The summed E-state index contributed by atoms with van der Waals surface area (Å²) in [6.45, 7) is 15.7. The SMILES string of the molecule is C=C(C)/C=C(/C)NC(CCC)CCNC(C)C. The Balaban J connectivity index is 4.09. The van der Waals surface area contributed by atoms with Crippen LogP contribution in [0.5, 0.6) is 0 Å². The van der Waals surface area contributed by atoms with E-state index >= 15 is 0 Å². The highest BCUT2D eigenvalue weighted by Crippen LogP contribution is 2.05. The first-order valence-corrected chi connectivity index (χ1v) is 6.79. The Hall–Kier alpha value is -0.760. The van der Waals surface area contributed by atoms with Gasteiger partial charge in [-0.1, -0.05) is 39.3 Å².